The first-order valence-electron chi connectivity index (χ1n) is 3.78. The summed E-state index contributed by atoms with van der Waals surface area (Å²) in [5, 5.41) is 2.63. The van der Waals surface area contributed by atoms with Gasteiger partial charge < -0.3 is 11.1 Å². The van der Waals surface area contributed by atoms with Crippen molar-refractivity contribution in [3.63, 3.8) is 0 Å². The summed E-state index contributed by atoms with van der Waals surface area (Å²) in [5.74, 6) is 0.0370. The highest BCUT2D eigenvalue weighted by Crippen LogP contribution is 1.71. The molecule has 3 heteroatoms. The Kier molecular flexibility index (Phi) is 13.7. The Labute approximate surface area is 66.0 Å². The standard InChI is InChI=1S/C5H12N2O.C2H6.2H2/c1-2-7-5(8)3-4-6;1-2;;/h2-4,6H2,1H3,(H,7,8);1-2H3;2*1H. The topological polar surface area (TPSA) is 55.1 Å². The Hall–Kier alpha value is -0.570. The number of nitrogens with two attached hydrogens (primary N) is 1. The van der Waals surface area contributed by atoms with Crippen LogP contribution in [-0.2, 0) is 4.79 Å². The number of amides is 1. The molecule has 0 saturated carbocycles. The van der Waals surface area contributed by atoms with Gasteiger partial charge in [0.2, 0.25) is 5.91 Å². The van der Waals surface area contributed by atoms with Crippen molar-refractivity contribution in [1.29, 1.82) is 0 Å². The second-order valence-electron chi connectivity index (χ2n) is 1.49. The first-order chi connectivity index (χ1) is 4.81. The minimum atomic E-state index is 0. The van der Waals surface area contributed by atoms with E-state index in [1.165, 1.54) is 0 Å². The molecule has 1 amide bonds. The lowest BCUT2D eigenvalue weighted by Gasteiger charge is -1.96. The minimum absolute atomic E-state index is 0. The van der Waals surface area contributed by atoms with Crippen LogP contribution in [0.2, 0.25) is 0 Å². The van der Waals surface area contributed by atoms with E-state index >= 15 is 0 Å². The van der Waals surface area contributed by atoms with E-state index in [1.54, 1.807) is 0 Å². The summed E-state index contributed by atoms with van der Waals surface area (Å²) < 4.78 is 0. The van der Waals surface area contributed by atoms with E-state index in [1.807, 2.05) is 20.8 Å². The molecule has 0 aromatic carbocycles. The second kappa shape index (κ2) is 11.3. The van der Waals surface area contributed by atoms with Crippen LogP contribution in [0.4, 0.5) is 0 Å². The molecule has 0 rings (SSSR count). The monoisotopic (exact) mass is 150 g/mol. The van der Waals surface area contributed by atoms with Crippen molar-refractivity contribution in [1.82, 2.24) is 5.32 Å². The normalized spacial score (nSPS) is 7.60. The highest BCUT2D eigenvalue weighted by molar-refractivity contribution is 5.75. The van der Waals surface area contributed by atoms with Gasteiger partial charge in [0.25, 0.3) is 0 Å². The van der Waals surface area contributed by atoms with E-state index < -0.39 is 0 Å². The van der Waals surface area contributed by atoms with Gasteiger partial charge in [-0.1, -0.05) is 13.8 Å². The van der Waals surface area contributed by atoms with Gasteiger partial charge in [-0.15, -0.1) is 0 Å². The van der Waals surface area contributed by atoms with Gasteiger partial charge in [0.1, 0.15) is 0 Å². The van der Waals surface area contributed by atoms with E-state index in [0.717, 1.165) is 0 Å². The van der Waals surface area contributed by atoms with Gasteiger partial charge in [-0.25, -0.2) is 0 Å². The molecule has 0 aliphatic carbocycles. The number of carbonyl (C=O) groups is 1. The van der Waals surface area contributed by atoms with E-state index in [4.69, 9.17) is 5.73 Å². The van der Waals surface area contributed by atoms with Crippen LogP contribution in [-0.4, -0.2) is 19.0 Å². The highest BCUT2D eigenvalue weighted by atomic mass is 16.1. The maximum Gasteiger partial charge on any atom is 0.221 e. The third-order valence-electron chi connectivity index (χ3n) is 0.745. The van der Waals surface area contributed by atoms with Gasteiger partial charge in [0.15, 0.2) is 0 Å². The molecular weight excluding hydrogens is 128 g/mol. The SMILES string of the molecule is CC.CCNC(=O)CCN.[HH].[HH]. The van der Waals surface area contributed by atoms with Gasteiger partial charge in [-0.3, -0.25) is 4.79 Å². The van der Waals surface area contributed by atoms with E-state index in [2.05, 4.69) is 5.32 Å². The fraction of sp³-hybridized carbons (Fsp3) is 0.857. The number of rotatable bonds is 3. The molecule has 3 nitrogen and oxygen atoms in total. The van der Waals surface area contributed by atoms with Crippen molar-refractivity contribution in [2.24, 2.45) is 5.73 Å². The predicted molar refractivity (Wildman–Crippen MR) is 47.9 cm³/mol. The Morgan fingerprint density at radius 2 is 2.10 bits per heavy atom. The van der Waals surface area contributed by atoms with Crippen LogP contribution in [0.5, 0.6) is 0 Å². The summed E-state index contributed by atoms with van der Waals surface area (Å²) in [6, 6.07) is 0. The van der Waals surface area contributed by atoms with Crippen LogP contribution in [0.15, 0.2) is 0 Å². The lowest BCUT2D eigenvalue weighted by molar-refractivity contribution is -0.120. The number of nitrogens with one attached hydrogen (secondary N) is 1. The minimum Gasteiger partial charge on any atom is -0.356 e. The molecule has 0 unspecified atom stereocenters. The lowest BCUT2D eigenvalue weighted by atomic mass is 10.4. The summed E-state index contributed by atoms with van der Waals surface area (Å²) in [4.78, 5) is 10.5. The molecule has 0 radical (unpaired) electrons. The molecule has 10 heavy (non-hydrogen) atoms. The van der Waals surface area contributed by atoms with Crippen molar-refractivity contribution < 1.29 is 7.65 Å². The van der Waals surface area contributed by atoms with Gasteiger partial charge in [0.05, 0.1) is 0 Å². The molecule has 0 fully saturated rings. The van der Waals surface area contributed by atoms with Crippen molar-refractivity contribution >= 4 is 5.91 Å². The smallest absolute Gasteiger partial charge is 0.221 e. The summed E-state index contributed by atoms with van der Waals surface area (Å²) in [6.45, 7) is 7.01. The maximum atomic E-state index is 10.5. The van der Waals surface area contributed by atoms with Gasteiger partial charge >= 0.3 is 0 Å². The van der Waals surface area contributed by atoms with Crippen LogP contribution >= 0.6 is 0 Å². The molecule has 0 saturated heterocycles. The predicted octanol–water partition coefficient (Wildman–Crippen LogP) is 0.990. The number of hydrogen-bond acceptors (Lipinski definition) is 2. The average molecular weight is 150 g/mol. The second-order valence-corrected chi connectivity index (χ2v) is 1.49. The van der Waals surface area contributed by atoms with Crippen molar-refractivity contribution in [3.8, 4) is 0 Å². The molecule has 0 aromatic rings. The number of hydrogen-bond donors (Lipinski definition) is 2. The third-order valence-corrected chi connectivity index (χ3v) is 0.745. The van der Waals surface area contributed by atoms with Crippen molar-refractivity contribution in [3.05, 3.63) is 0 Å². The quantitative estimate of drug-likeness (QED) is 0.630. The summed E-state index contributed by atoms with van der Waals surface area (Å²) in [7, 11) is 0. The maximum absolute atomic E-state index is 10.5. The largest absolute Gasteiger partial charge is 0.356 e. The van der Waals surface area contributed by atoms with Gasteiger partial charge in [-0.2, -0.15) is 0 Å². The first kappa shape index (κ1) is 12.1. The zero-order chi connectivity index (χ0) is 8.41. The Bertz CT molecular complexity index is 73.8. The van der Waals surface area contributed by atoms with Gasteiger partial charge in [0, 0.05) is 22.4 Å². The molecule has 0 heterocycles. The molecule has 66 valence electrons. The van der Waals surface area contributed by atoms with E-state index in [-0.39, 0.29) is 8.76 Å². The average Bonchev–Trinajstić information content (AvgIpc) is 1.93. The molecule has 0 aliphatic heterocycles. The summed E-state index contributed by atoms with van der Waals surface area (Å²) in [6.07, 6.45) is 0.438. The number of carbonyl (C=O) groups excluding carboxylic acids is 1. The lowest BCUT2D eigenvalue weighted by Crippen LogP contribution is -2.24. The Balaban J connectivity index is -0.0000000740. The first-order valence-corrected chi connectivity index (χ1v) is 3.78. The Morgan fingerprint density at radius 1 is 1.60 bits per heavy atom. The molecule has 0 aliphatic rings. The van der Waals surface area contributed by atoms with Crippen LogP contribution in [0, 0.1) is 0 Å². The molecular formula is C7H22N2O. The fourth-order valence-electron chi connectivity index (χ4n) is 0.417. The Morgan fingerprint density at radius 3 is 2.40 bits per heavy atom. The molecule has 0 spiro atoms. The molecule has 0 atom stereocenters. The van der Waals surface area contributed by atoms with Crippen LogP contribution in [0.3, 0.4) is 0 Å². The van der Waals surface area contributed by atoms with Crippen LogP contribution < -0.4 is 11.1 Å². The van der Waals surface area contributed by atoms with Crippen molar-refractivity contribution in [2.45, 2.75) is 27.2 Å². The third kappa shape index (κ3) is 10.4. The molecule has 3 N–H and O–H groups in total. The van der Waals surface area contributed by atoms with Crippen LogP contribution in [0.25, 0.3) is 0 Å². The molecule has 0 aromatic heterocycles. The highest BCUT2D eigenvalue weighted by Gasteiger charge is 1.92. The van der Waals surface area contributed by atoms with Gasteiger partial charge in [-0.05, 0) is 6.92 Å². The summed E-state index contributed by atoms with van der Waals surface area (Å²) in [5.41, 5.74) is 5.10. The molecule has 0 bridgehead atoms. The van der Waals surface area contributed by atoms with Crippen LogP contribution in [0.1, 0.15) is 30.0 Å². The zero-order valence-corrected chi connectivity index (χ0v) is 7.11. The summed E-state index contributed by atoms with van der Waals surface area (Å²) >= 11 is 0. The van der Waals surface area contributed by atoms with E-state index in [9.17, 15) is 4.79 Å². The van der Waals surface area contributed by atoms with Crippen molar-refractivity contribution in [2.75, 3.05) is 13.1 Å². The fourth-order valence-corrected chi connectivity index (χ4v) is 0.417. The zero-order valence-electron chi connectivity index (χ0n) is 7.11. The van der Waals surface area contributed by atoms with E-state index in [0.29, 0.717) is 19.5 Å².